The Bertz CT molecular complexity index is 976. The summed E-state index contributed by atoms with van der Waals surface area (Å²) in [5, 5.41) is 1.08. The predicted octanol–water partition coefficient (Wildman–Crippen LogP) is 3.96. The normalized spacial score (nSPS) is 15.7. The molecule has 0 radical (unpaired) electrons. The molecule has 0 saturated heterocycles. The van der Waals surface area contributed by atoms with Crippen LogP contribution in [0.2, 0.25) is 0 Å². The third kappa shape index (κ3) is 2.97. The maximum absolute atomic E-state index is 11.7. The number of nitrogens with zero attached hydrogens (tertiary/aromatic N) is 2. The van der Waals surface area contributed by atoms with E-state index in [9.17, 15) is 4.79 Å². The number of carbonyl (C=O) groups excluding carboxylic acids is 1. The number of nitrogens with two attached hydrogens (primary N) is 1. The van der Waals surface area contributed by atoms with Crippen LogP contribution in [-0.4, -0.2) is 23.0 Å². The Kier molecular flexibility index (Phi) is 4.20. The molecule has 5 nitrogen and oxygen atoms in total. The molecule has 0 spiro atoms. The zero-order chi connectivity index (χ0) is 18.3. The molecule has 3 aromatic rings. The molecular weight excluding hydrogens is 346 g/mol. The molecule has 2 aromatic heterocycles. The molecule has 0 saturated carbocycles. The van der Waals surface area contributed by atoms with E-state index in [4.69, 9.17) is 10.5 Å². The fourth-order valence-electron chi connectivity index (χ4n) is 3.51. The monoisotopic (exact) mass is 365 g/mol. The molecule has 1 atom stereocenters. The molecule has 132 valence electrons. The summed E-state index contributed by atoms with van der Waals surface area (Å²) in [5.74, 6) is 0.491. The minimum Gasteiger partial charge on any atom is -0.465 e. The lowest BCUT2D eigenvalue weighted by Crippen LogP contribution is -2.02. The third-order valence-corrected chi connectivity index (χ3v) is 5.84. The molecule has 0 amide bonds. The summed E-state index contributed by atoms with van der Waals surface area (Å²) in [6.45, 7) is 2.01. The van der Waals surface area contributed by atoms with Gasteiger partial charge in [0.25, 0.3) is 0 Å². The van der Waals surface area contributed by atoms with Crippen molar-refractivity contribution in [1.82, 2.24) is 9.97 Å². The van der Waals surface area contributed by atoms with E-state index in [0.29, 0.717) is 11.4 Å². The van der Waals surface area contributed by atoms with E-state index in [1.807, 2.05) is 43.5 Å². The average Bonchev–Trinajstić information content (AvgIpc) is 3.26. The van der Waals surface area contributed by atoms with Crippen molar-refractivity contribution in [3.05, 3.63) is 63.8 Å². The Hall–Kier alpha value is -2.73. The lowest BCUT2D eigenvalue weighted by Gasteiger charge is -2.09. The summed E-state index contributed by atoms with van der Waals surface area (Å²) in [6, 6.07) is 9.69. The van der Waals surface area contributed by atoms with Crippen LogP contribution in [0.15, 0.2) is 36.5 Å². The van der Waals surface area contributed by atoms with Crippen LogP contribution >= 0.6 is 11.3 Å². The number of aryl methyl sites for hydroxylation is 2. The van der Waals surface area contributed by atoms with Crippen LogP contribution in [0.4, 0.5) is 5.82 Å². The molecule has 26 heavy (non-hydrogen) atoms. The van der Waals surface area contributed by atoms with Crippen molar-refractivity contribution in [1.29, 1.82) is 0 Å². The third-order valence-electron chi connectivity index (χ3n) is 4.71. The SMILES string of the molecule is COC(=O)c1ccc2c(c1)CCC2c1ncc(-c2cc(C)cc(N)n2)s1. The molecule has 4 rings (SSSR count). The number of benzene rings is 1. The first-order valence-corrected chi connectivity index (χ1v) is 9.28. The van der Waals surface area contributed by atoms with Crippen LogP contribution in [0.1, 0.15) is 44.4 Å². The molecular formula is C20H19N3O2S. The molecule has 6 heteroatoms. The number of hydrogen-bond acceptors (Lipinski definition) is 6. The number of hydrogen-bond donors (Lipinski definition) is 1. The lowest BCUT2D eigenvalue weighted by atomic mass is 10.0. The second-order valence-corrected chi connectivity index (χ2v) is 7.58. The fraction of sp³-hybridized carbons (Fsp3) is 0.250. The minimum atomic E-state index is -0.295. The number of nitrogen functional groups attached to an aromatic ring is 1. The van der Waals surface area contributed by atoms with E-state index in [1.54, 1.807) is 11.3 Å². The fourth-order valence-corrected chi connectivity index (χ4v) is 4.54. The zero-order valence-electron chi connectivity index (χ0n) is 14.7. The van der Waals surface area contributed by atoms with Gasteiger partial charge in [-0.15, -0.1) is 11.3 Å². The summed E-state index contributed by atoms with van der Waals surface area (Å²) in [7, 11) is 1.40. The highest BCUT2D eigenvalue weighted by molar-refractivity contribution is 7.15. The van der Waals surface area contributed by atoms with Crippen molar-refractivity contribution in [3.8, 4) is 10.6 Å². The van der Waals surface area contributed by atoms with Crippen molar-refractivity contribution in [2.75, 3.05) is 12.8 Å². The predicted molar refractivity (Wildman–Crippen MR) is 102 cm³/mol. The van der Waals surface area contributed by atoms with E-state index in [1.165, 1.54) is 18.2 Å². The second kappa shape index (κ2) is 6.53. The quantitative estimate of drug-likeness (QED) is 0.711. The number of ether oxygens (including phenoxy) is 1. The second-order valence-electron chi connectivity index (χ2n) is 6.51. The van der Waals surface area contributed by atoms with Crippen molar-refractivity contribution in [2.45, 2.75) is 25.7 Å². The number of rotatable bonds is 3. The first kappa shape index (κ1) is 16.7. The van der Waals surface area contributed by atoms with Gasteiger partial charge < -0.3 is 10.5 Å². The van der Waals surface area contributed by atoms with Gasteiger partial charge in [-0.2, -0.15) is 0 Å². The molecule has 2 heterocycles. The number of methoxy groups -OCH3 is 1. The van der Waals surface area contributed by atoms with E-state index in [2.05, 4.69) is 9.97 Å². The standard InChI is InChI=1S/C20H19N3O2S/c1-11-7-16(23-18(21)8-11)17-10-22-19(26-17)15-6-3-12-9-13(20(24)25-2)4-5-14(12)15/h4-5,7-10,15H,3,6H2,1-2H3,(H2,21,23). The summed E-state index contributed by atoms with van der Waals surface area (Å²) >= 11 is 1.66. The van der Waals surface area contributed by atoms with Gasteiger partial charge in [-0.1, -0.05) is 6.07 Å². The van der Waals surface area contributed by atoms with E-state index in [0.717, 1.165) is 34.0 Å². The average molecular weight is 365 g/mol. The minimum absolute atomic E-state index is 0.262. The highest BCUT2D eigenvalue weighted by Gasteiger charge is 2.27. The zero-order valence-corrected chi connectivity index (χ0v) is 15.5. The number of aromatic nitrogens is 2. The van der Waals surface area contributed by atoms with Gasteiger partial charge >= 0.3 is 5.97 Å². The van der Waals surface area contributed by atoms with Crippen LogP contribution in [0.3, 0.4) is 0 Å². The molecule has 1 aliphatic carbocycles. The van der Waals surface area contributed by atoms with Crippen molar-refractivity contribution < 1.29 is 9.53 Å². The first-order valence-electron chi connectivity index (χ1n) is 8.46. The Balaban J connectivity index is 1.65. The van der Waals surface area contributed by atoms with Crippen LogP contribution < -0.4 is 5.73 Å². The maximum Gasteiger partial charge on any atom is 0.337 e. The van der Waals surface area contributed by atoms with Gasteiger partial charge in [-0.25, -0.2) is 14.8 Å². The molecule has 0 bridgehead atoms. The Morgan fingerprint density at radius 2 is 2.15 bits per heavy atom. The summed E-state index contributed by atoms with van der Waals surface area (Å²) in [5.41, 5.74) is 10.9. The summed E-state index contributed by atoms with van der Waals surface area (Å²) in [6.07, 6.45) is 3.81. The molecule has 2 N–H and O–H groups in total. The number of fused-ring (bicyclic) bond motifs is 1. The largest absolute Gasteiger partial charge is 0.465 e. The van der Waals surface area contributed by atoms with Crippen LogP contribution in [-0.2, 0) is 11.2 Å². The van der Waals surface area contributed by atoms with Crippen molar-refractivity contribution >= 4 is 23.1 Å². The topological polar surface area (TPSA) is 78.1 Å². The Morgan fingerprint density at radius 3 is 2.92 bits per heavy atom. The van der Waals surface area contributed by atoms with Gasteiger partial charge in [-0.05, 0) is 60.7 Å². The number of carbonyl (C=O) groups is 1. The number of thiazole rings is 1. The smallest absolute Gasteiger partial charge is 0.337 e. The maximum atomic E-state index is 11.7. The van der Waals surface area contributed by atoms with Gasteiger partial charge in [0, 0.05) is 12.1 Å². The van der Waals surface area contributed by atoms with E-state index < -0.39 is 0 Å². The van der Waals surface area contributed by atoms with Crippen LogP contribution in [0.25, 0.3) is 10.6 Å². The van der Waals surface area contributed by atoms with Crippen molar-refractivity contribution in [3.63, 3.8) is 0 Å². The summed E-state index contributed by atoms with van der Waals surface area (Å²) < 4.78 is 4.81. The van der Waals surface area contributed by atoms with Crippen LogP contribution in [0, 0.1) is 6.92 Å². The highest BCUT2D eigenvalue weighted by Crippen LogP contribution is 2.41. The number of esters is 1. The van der Waals surface area contributed by atoms with Gasteiger partial charge in [0.1, 0.15) is 10.8 Å². The van der Waals surface area contributed by atoms with Crippen LogP contribution in [0.5, 0.6) is 0 Å². The molecule has 1 aliphatic rings. The van der Waals surface area contributed by atoms with Gasteiger partial charge in [0.05, 0.1) is 23.2 Å². The van der Waals surface area contributed by atoms with Gasteiger partial charge in [0.15, 0.2) is 0 Å². The first-order chi connectivity index (χ1) is 12.5. The van der Waals surface area contributed by atoms with Gasteiger partial charge in [0.2, 0.25) is 0 Å². The number of pyridine rings is 1. The summed E-state index contributed by atoms with van der Waals surface area (Å²) in [4.78, 5) is 21.8. The Morgan fingerprint density at radius 1 is 1.31 bits per heavy atom. The van der Waals surface area contributed by atoms with E-state index >= 15 is 0 Å². The lowest BCUT2D eigenvalue weighted by molar-refractivity contribution is 0.0600. The number of anilines is 1. The Labute approximate surface area is 155 Å². The molecule has 0 aliphatic heterocycles. The van der Waals surface area contributed by atoms with Crippen molar-refractivity contribution in [2.24, 2.45) is 0 Å². The van der Waals surface area contributed by atoms with E-state index in [-0.39, 0.29) is 11.9 Å². The van der Waals surface area contributed by atoms with Gasteiger partial charge in [-0.3, -0.25) is 0 Å². The molecule has 0 fully saturated rings. The highest BCUT2D eigenvalue weighted by atomic mass is 32.1. The molecule has 1 aromatic carbocycles. The molecule has 1 unspecified atom stereocenters.